The number of hydrogen-bond donors (Lipinski definition) is 2. The van der Waals surface area contributed by atoms with E-state index in [1.54, 1.807) is 17.1 Å². The molecule has 0 saturated carbocycles. The second kappa shape index (κ2) is 7.47. The van der Waals surface area contributed by atoms with Crippen molar-refractivity contribution in [1.82, 2.24) is 29.3 Å². The molecule has 2 fully saturated rings. The van der Waals surface area contributed by atoms with Crippen molar-refractivity contribution in [3.63, 3.8) is 0 Å². The van der Waals surface area contributed by atoms with Gasteiger partial charge < -0.3 is 25.0 Å². The number of hydrogen-bond acceptors (Lipinski definition) is 8. The molecule has 1 spiro atoms. The van der Waals surface area contributed by atoms with Crippen LogP contribution in [0.1, 0.15) is 25.5 Å². The van der Waals surface area contributed by atoms with Crippen LogP contribution in [0.2, 0.25) is 0 Å². The first-order valence-corrected chi connectivity index (χ1v) is 11.4. The predicted molar refractivity (Wildman–Crippen MR) is 124 cm³/mol. The molecular weight excluding hydrogens is 420 g/mol. The number of ether oxygens (including phenoxy) is 1. The molecule has 2 aliphatic heterocycles. The highest BCUT2D eigenvalue weighted by atomic mass is 16.5. The summed E-state index contributed by atoms with van der Waals surface area (Å²) >= 11 is 0. The summed E-state index contributed by atoms with van der Waals surface area (Å²) in [4.78, 5) is 16.4. The van der Waals surface area contributed by atoms with Crippen LogP contribution in [-0.2, 0) is 18.4 Å². The third kappa shape index (κ3) is 3.05. The van der Waals surface area contributed by atoms with E-state index < -0.39 is 0 Å². The third-order valence-electron chi connectivity index (χ3n) is 7.45. The van der Waals surface area contributed by atoms with Gasteiger partial charge in [0.1, 0.15) is 16.9 Å². The number of aromatic nitrogens is 6. The summed E-state index contributed by atoms with van der Waals surface area (Å²) in [6.45, 7) is 4.19. The number of nitrogens with zero attached hydrogens (tertiary/aromatic N) is 7. The second-order valence-electron chi connectivity index (χ2n) is 9.31. The fourth-order valence-corrected chi connectivity index (χ4v) is 5.41. The SMILES string of the molecule is C[C@@H]1OCC2(CCN(c3nc4cnn(-c5cn(C)c6ncccc56)c4nc3CO)CC2)[C@@H]1N. The molecule has 2 aliphatic rings. The van der Waals surface area contributed by atoms with E-state index >= 15 is 0 Å². The molecule has 6 heterocycles. The van der Waals surface area contributed by atoms with E-state index in [-0.39, 0.29) is 24.2 Å². The van der Waals surface area contributed by atoms with Gasteiger partial charge in [-0.05, 0) is 31.9 Å². The summed E-state index contributed by atoms with van der Waals surface area (Å²) in [5, 5.41) is 15.7. The zero-order valence-electron chi connectivity index (χ0n) is 18.8. The number of nitrogens with two attached hydrogens (primary N) is 1. The maximum atomic E-state index is 10.2. The molecule has 2 saturated heterocycles. The van der Waals surface area contributed by atoms with Crippen LogP contribution in [0.25, 0.3) is 27.9 Å². The van der Waals surface area contributed by atoms with Gasteiger partial charge in [-0.3, -0.25) is 0 Å². The summed E-state index contributed by atoms with van der Waals surface area (Å²) in [5.74, 6) is 0.722. The van der Waals surface area contributed by atoms with E-state index in [9.17, 15) is 5.11 Å². The molecule has 0 radical (unpaired) electrons. The van der Waals surface area contributed by atoms with E-state index in [0.29, 0.717) is 23.5 Å². The first-order chi connectivity index (χ1) is 16.0. The second-order valence-corrected chi connectivity index (χ2v) is 9.31. The Hall–Kier alpha value is -3.08. The molecule has 33 heavy (non-hydrogen) atoms. The van der Waals surface area contributed by atoms with Crippen LogP contribution < -0.4 is 10.6 Å². The van der Waals surface area contributed by atoms with Crippen LogP contribution in [0.5, 0.6) is 0 Å². The molecule has 0 amide bonds. The van der Waals surface area contributed by atoms with E-state index in [1.165, 1.54) is 0 Å². The molecule has 10 heteroatoms. The fourth-order valence-electron chi connectivity index (χ4n) is 5.41. The van der Waals surface area contributed by atoms with Crippen molar-refractivity contribution in [3.05, 3.63) is 36.4 Å². The Balaban J connectivity index is 1.36. The van der Waals surface area contributed by atoms with Gasteiger partial charge in [-0.25, -0.2) is 19.6 Å². The normalized spacial score (nSPS) is 22.7. The van der Waals surface area contributed by atoms with Gasteiger partial charge in [0.05, 0.1) is 31.2 Å². The molecule has 2 atom stereocenters. The summed E-state index contributed by atoms with van der Waals surface area (Å²) in [6, 6.07) is 3.98. The quantitative estimate of drug-likeness (QED) is 0.484. The smallest absolute Gasteiger partial charge is 0.182 e. The van der Waals surface area contributed by atoms with Gasteiger partial charge in [0.15, 0.2) is 11.5 Å². The molecule has 10 nitrogen and oxygen atoms in total. The average Bonchev–Trinajstić information content (AvgIpc) is 3.49. The molecule has 0 unspecified atom stereocenters. The number of aliphatic hydroxyl groups excluding tert-OH is 1. The van der Waals surface area contributed by atoms with Crippen LogP contribution in [0.3, 0.4) is 0 Å². The van der Waals surface area contributed by atoms with Crippen LogP contribution in [0.15, 0.2) is 30.7 Å². The Morgan fingerprint density at radius 3 is 2.79 bits per heavy atom. The van der Waals surface area contributed by atoms with Gasteiger partial charge in [0.2, 0.25) is 0 Å². The standard InChI is InChI=1S/C23H28N8O2/c1-14-19(24)23(13-33-14)5-8-30(9-6-23)21-17(12-32)28-22-16(27-21)10-26-31(22)18-11-29(2)20-15(18)4-3-7-25-20/h3-4,7,10-11,14,19,32H,5-6,8-9,12-13,24H2,1-2H3/t14-,19+/m0/s1. The topological polar surface area (TPSA) is 120 Å². The number of rotatable bonds is 3. The lowest BCUT2D eigenvalue weighted by Crippen LogP contribution is -2.51. The van der Waals surface area contributed by atoms with Crippen LogP contribution in [-0.4, -0.2) is 66.2 Å². The van der Waals surface area contributed by atoms with Gasteiger partial charge in [-0.2, -0.15) is 5.10 Å². The van der Waals surface area contributed by atoms with Gasteiger partial charge in [-0.1, -0.05) is 0 Å². The monoisotopic (exact) mass is 448 g/mol. The molecule has 0 aromatic carbocycles. The zero-order chi connectivity index (χ0) is 22.7. The van der Waals surface area contributed by atoms with E-state index in [0.717, 1.165) is 48.5 Å². The highest BCUT2D eigenvalue weighted by molar-refractivity contribution is 5.88. The lowest BCUT2D eigenvalue weighted by atomic mass is 9.73. The summed E-state index contributed by atoms with van der Waals surface area (Å²) in [5.41, 5.74) is 10.1. The summed E-state index contributed by atoms with van der Waals surface area (Å²) in [6.07, 6.45) is 7.45. The minimum absolute atomic E-state index is 0.0279. The molecule has 6 rings (SSSR count). The van der Waals surface area contributed by atoms with Crippen LogP contribution >= 0.6 is 0 Å². The first-order valence-electron chi connectivity index (χ1n) is 11.4. The minimum Gasteiger partial charge on any atom is -0.390 e. The van der Waals surface area contributed by atoms with Crippen molar-refractivity contribution in [2.45, 2.75) is 38.5 Å². The lowest BCUT2D eigenvalue weighted by Gasteiger charge is -2.41. The number of anilines is 1. The van der Waals surface area contributed by atoms with Crippen molar-refractivity contribution in [2.75, 3.05) is 24.6 Å². The van der Waals surface area contributed by atoms with E-state index in [2.05, 4.69) is 21.9 Å². The largest absolute Gasteiger partial charge is 0.390 e. The van der Waals surface area contributed by atoms with Crippen molar-refractivity contribution < 1.29 is 9.84 Å². The highest BCUT2D eigenvalue weighted by Crippen LogP contribution is 2.42. The van der Waals surface area contributed by atoms with Crippen LogP contribution in [0, 0.1) is 5.41 Å². The Morgan fingerprint density at radius 1 is 1.24 bits per heavy atom. The molecule has 172 valence electrons. The number of aliphatic hydroxyl groups is 1. The minimum atomic E-state index is -0.193. The van der Waals surface area contributed by atoms with Crippen molar-refractivity contribution in [1.29, 1.82) is 0 Å². The molecule has 4 aromatic heterocycles. The number of piperidine rings is 1. The highest BCUT2D eigenvalue weighted by Gasteiger charge is 2.47. The van der Waals surface area contributed by atoms with Gasteiger partial charge in [-0.15, -0.1) is 0 Å². The molecular formula is C23H28N8O2. The Bertz CT molecular complexity index is 1340. The van der Waals surface area contributed by atoms with Crippen molar-refractivity contribution in [3.8, 4) is 5.69 Å². The Kier molecular flexibility index (Phi) is 4.65. The van der Waals surface area contributed by atoms with Gasteiger partial charge in [0, 0.05) is 49.4 Å². The van der Waals surface area contributed by atoms with Crippen molar-refractivity contribution >= 4 is 28.0 Å². The first kappa shape index (κ1) is 20.5. The number of pyridine rings is 1. The molecule has 0 aliphatic carbocycles. The fraction of sp³-hybridized carbons (Fsp3) is 0.478. The predicted octanol–water partition coefficient (Wildman–Crippen LogP) is 1.53. The summed E-state index contributed by atoms with van der Waals surface area (Å²) < 4.78 is 9.59. The van der Waals surface area contributed by atoms with Gasteiger partial charge in [0.25, 0.3) is 0 Å². The molecule has 4 aromatic rings. The molecule has 0 bridgehead atoms. The number of aryl methyl sites for hydroxylation is 1. The van der Waals surface area contributed by atoms with E-state index in [4.69, 9.17) is 20.4 Å². The maximum Gasteiger partial charge on any atom is 0.182 e. The van der Waals surface area contributed by atoms with E-state index in [1.807, 2.05) is 29.9 Å². The third-order valence-corrected chi connectivity index (χ3v) is 7.45. The van der Waals surface area contributed by atoms with Gasteiger partial charge >= 0.3 is 0 Å². The number of fused-ring (bicyclic) bond motifs is 2. The summed E-state index contributed by atoms with van der Waals surface area (Å²) in [7, 11) is 1.96. The molecule has 3 N–H and O–H groups in total. The Morgan fingerprint density at radius 2 is 2.06 bits per heavy atom. The van der Waals surface area contributed by atoms with Crippen LogP contribution in [0.4, 0.5) is 5.82 Å². The van der Waals surface area contributed by atoms with Crippen molar-refractivity contribution in [2.24, 2.45) is 18.2 Å². The zero-order valence-corrected chi connectivity index (χ0v) is 18.8. The maximum absolute atomic E-state index is 10.2. The lowest BCUT2D eigenvalue weighted by molar-refractivity contribution is 0.0973. The average molecular weight is 449 g/mol. The Labute approximate surface area is 191 Å².